The van der Waals surface area contributed by atoms with E-state index in [0.717, 1.165) is 18.4 Å². The molecule has 0 bridgehead atoms. The van der Waals surface area contributed by atoms with E-state index in [9.17, 15) is 14.9 Å². The first-order valence-electron chi connectivity index (χ1n) is 13.7. The number of hydrogen-bond acceptors (Lipinski definition) is 6. The smallest absolute Gasteiger partial charge is 0.252 e. The molecule has 2 heterocycles. The van der Waals surface area contributed by atoms with Crippen LogP contribution >= 0.6 is 0 Å². The summed E-state index contributed by atoms with van der Waals surface area (Å²) in [6.45, 7) is 1.25. The fourth-order valence-corrected chi connectivity index (χ4v) is 5.96. The Balaban J connectivity index is 1.30. The molecule has 0 radical (unpaired) electrons. The quantitative estimate of drug-likeness (QED) is 0.523. The summed E-state index contributed by atoms with van der Waals surface area (Å²) in [5, 5.41) is 23.1. The van der Waals surface area contributed by atoms with Crippen LogP contribution in [0.1, 0.15) is 72.1 Å². The molecule has 1 saturated heterocycles. The summed E-state index contributed by atoms with van der Waals surface area (Å²) in [5.74, 6) is -1.61. The zero-order valence-electron chi connectivity index (χ0n) is 22.0. The number of primary amides is 1. The van der Waals surface area contributed by atoms with Crippen LogP contribution in [-0.2, 0) is 23.3 Å². The highest BCUT2D eigenvalue weighted by atomic mass is 19.1. The number of piperidine rings is 1. The third-order valence-electron chi connectivity index (χ3n) is 8.49. The van der Waals surface area contributed by atoms with Crippen LogP contribution in [0.15, 0.2) is 36.5 Å². The van der Waals surface area contributed by atoms with Crippen molar-refractivity contribution in [2.24, 2.45) is 17.6 Å². The standard InChI is InChI=1S/C30H33FN6O2/c31-28-19-36(17-20-6-8-22(9-7-20)21-4-2-1-3-5-21)13-11-30(28,10-12-32)37-18-25(29(34)39)26(35-37)15-27(38)24-14-23(24)16-33/h4,6-9,18,23-24,28H,1-3,5,10-11,13-15,17,19H2,(H2,34,39). The van der Waals surface area contributed by atoms with Gasteiger partial charge in [0, 0.05) is 31.7 Å². The molecule has 1 aromatic carbocycles. The number of benzene rings is 1. The van der Waals surface area contributed by atoms with E-state index in [1.807, 2.05) is 4.90 Å². The van der Waals surface area contributed by atoms with Crippen molar-refractivity contribution in [3.05, 3.63) is 58.9 Å². The Labute approximate surface area is 227 Å². The lowest BCUT2D eigenvalue weighted by Gasteiger charge is -2.43. The minimum Gasteiger partial charge on any atom is -0.365 e. The van der Waals surface area contributed by atoms with Gasteiger partial charge in [-0.05, 0) is 55.2 Å². The highest BCUT2D eigenvalue weighted by Crippen LogP contribution is 2.40. The molecule has 2 aromatic rings. The Morgan fingerprint density at radius 2 is 2.00 bits per heavy atom. The zero-order valence-corrected chi connectivity index (χ0v) is 22.0. The van der Waals surface area contributed by atoms with Crippen LogP contribution < -0.4 is 5.73 Å². The number of carbonyl (C=O) groups excluding carboxylic acids is 2. The molecule has 9 heteroatoms. The predicted octanol–water partition coefficient (Wildman–Crippen LogP) is 4.06. The molecule has 202 valence electrons. The van der Waals surface area contributed by atoms with Crippen molar-refractivity contribution in [2.45, 2.75) is 69.6 Å². The number of likely N-dealkylation sites (tertiary alicyclic amines) is 1. The summed E-state index contributed by atoms with van der Waals surface area (Å²) in [6.07, 6.45) is 7.54. The number of amides is 1. The van der Waals surface area contributed by atoms with Crippen LogP contribution in [0, 0.1) is 34.5 Å². The van der Waals surface area contributed by atoms with Crippen molar-refractivity contribution in [1.29, 1.82) is 10.5 Å². The van der Waals surface area contributed by atoms with E-state index in [-0.39, 0.29) is 48.3 Å². The number of nitrogens with zero attached hydrogens (tertiary/aromatic N) is 5. The van der Waals surface area contributed by atoms with Crippen molar-refractivity contribution in [2.75, 3.05) is 13.1 Å². The molecule has 3 aliphatic rings. The van der Waals surface area contributed by atoms with Gasteiger partial charge in [0.05, 0.1) is 42.2 Å². The number of carbonyl (C=O) groups is 2. The van der Waals surface area contributed by atoms with E-state index >= 15 is 4.39 Å². The number of ketones is 1. The maximum Gasteiger partial charge on any atom is 0.252 e. The topological polar surface area (TPSA) is 129 Å². The van der Waals surface area contributed by atoms with E-state index in [1.165, 1.54) is 34.9 Å². The van der Waals surface area contributed by atoms with E-state index in [2.05, 4.69) is 47.6 Å². The van der Waals surface area contributed by atoms with Gasteiger partial charge in [0.15, 0.2) is 0 Å². The maximum absolute atomic E-state index is 16.0. The van der Waals surface area contributed by atoms with Crippen LogP contribution in [0.2, 0.25) is 0 Å². The van der Waals surface area contributed by atoms with E-state index in [4.69, 9.17) is 11.0 Å². The Morgan fingerprint density at radius 3 is 2.62 bits per heavy atom. The predicted molar refractivity (Wildman–Crippen MR) is 143 cm³/mol. The number of rotatable bonds is 9. The van der Waals surface area contributed by atoms with Crippen molar-refractivity contribution >= 4 is 17.3 Å². The number of Topliss-reactive ketones (excluding diaryl/α,β-unsaturated/α-hetero) is 1. The van der Waals surface area contributed by atoms with Gasteiger partial charge in [-0.15, -0.1) is 0 Å². The van der Waals surface area contributed by atoms with Crippen LogP contribution in [0.25, 0.3) is 5.57 Å². The monoisotopic (exact) mass is 528 g/mol. The number of nitrogens with two attached hydrogens (primary N) is 1. The summed E-state index contributed by atoms with van der Waals surface area (Å²) in [5.41, 5.74) is 8.28. The van der Waals surface area contributed by atoms with Crippen molar-refractivity contribution < 1.29 is 14.0 Å². The third-order valence-corrected chi connectivity index (χ3v) is 8.49. The van der Waals surface area contributed by atoms with Gasteiger partial charge in [0.1, 0.15) is 17.5 Å². The largest absolute Gasteiger partial charge is 0.365 e. The Kier molecular flexibility index (Phi) is 7.63. The molecule has 5 rings (SSSR count). The second kappa shape index (κ2) is 11.1. The first-order chi connectivity index (χ1) is 18.8. The fourth-order valence-electron chi connectivity index (χ4n) is 5.96. The summed E-state index contributed by atoms with van der Waals surface area (Å²) in [7, 11) is 0. The fraction of sp³-hybridized carbons (Fsp3) is 0.500. The first-order valence-corrected chi connectivity index (χ1v) is 13.7. The van der Waals surface area contributed by atoms with Crippen LogP contribution in [-0.4, -0.2) is 45.6 Å². The minimum absolute atomic E-state index is 0.0534. The van der Waals surface area contributed by atoms with Gasteiger partial charge in [-0.1, -0.05) is 30.3 Å². The number of nitriles is 2. The maximum atomic E-state index is 16.0. The van der Waals surface area contributed by atoms with Gasteiger partial charge >= 0.3 is 0 Å². The number of allylic oxidation sites excluding steroid dienone is 2. The van der Waals surface area contributed by atoms with Crippen molar-refractivity contribution in [1.82, 2.24) is 14.7 Å². The summed E-state index contributed by atoms with van der Waals surface area (Å²) in [4.78, 5) is 26.8. The lowest BCUT2D eigenvalue weighted by atomic mass is 9.83. The number of halogens is 1. The molecule has 4 unspecified atom stereocenters. The number of alkyl halides is 1. The van der Waals surface area contributed by atoms with Crippen LogP contribution in [0.4, 0.5) is 4.39 Å². The molecule has 39 heavy (non-hydrogen) atoms. The molecule has 1 aromatic heterocycles. The average molecular weight is 529 g/mol. The normalized spacial score (nSPS) is 26.7. The van der Waals surface area contributed by atoms with Crippen LogP contribution in [0.5, 0.6) is 0 Å². The Morgan fingerprint density at radius 1 is 1.21 bits per heavy atom. The first kappa shape index (κ1) is 26.8. The van der Waals surface area contributed by atoms with Gasteiger partial charge < -0.3 is 5.73 Å². The molecule has 0 spiro atoms. The summed E-state index contributed by atoms with van der Waals surface area (Å²) < 4.78 is 17.4. The highest BCUT2D eigenvalue weighted by Gasteiger charge is 2.47. The molecule has 4 atom stereocenters. The molecular weight excluding hydrogens is 495 g/mol. The molecule has 2 aliphatic carbocycles. The molecule has 1 aliphatic heterocycles. The third kappa shape index (κ3) is 5.51. The molecule has 2 fully saturated rings. The van der Waals surface area contributed by atoms with Crippen molar-refractivity contribution in [3.63, 3.8) is 0 Å². The lowest BCUT2D eigenvalue weighted by Crippen LogP contribution is -2.54. The highest BCUT2D eigenvalue weighted by molar-refractivity contribution is 5.96. The molecule has 8 nitrogen and oxygen atoms in total. The lowest BCUT2D eigenvalue weighted by molar-refractivity contribution is -0.119. The summed E-state index contributed by atoms with van der Waals surface area (Å²) >= 11 is 0. The zero-order chi connectivity index (χ0) is 27.6. The Hall–Kier alpha value is -3.82. The second-order valence-corrected chi connectivity index (χ2v) is 11.1. The van der Waals surface area contributed by atoms with Gasteiger partial charge in [0.2, 0.25) is 0 Å². The average Bonchev–Trinajstić information content (AvgIpc) is 3.62. The number of hydrogen-bond donors (Lipinski definition) is 1. The van der Waals surface area contributed by atoms with E-state index in [1.54, 1.807) is 0 Å². The van der Waals surface area contributed by atoms with E-state index < -0.39 is 17.6 Å². The van der Waals surface area contributed by atoms with E-state index in [0.29, 0.717) is 25.9 Å². The van der Waals surface area contributed by atoms with Crippen molar-refractivity contribution in [3.8, 4) is 12.1 Å². The van der Waals surface area contributed by atoms with Gasteiger partial charge in [-0.3, -0.25) is 19.2 Å². The van der Waals surface area contributed by atoms with Gasteiger partial charge in [0.25, 0.3) is 5.91 Å². The van der Waals surface area contributed by atoms with Gasteiger partial charge in [-0.25, -0.2) is 4.39 Å². The molecule has 2 N–H and O–H groups in total. The second-order valence-electron chi connectivity index (χ2n) is 11.1. The summed E-state index contributed by atoms with van der Waals surface area (Å²) in [6, 6.07) is 12.7. The SMILES string of the molecule is N#CCC1(n2cc(C(N)=O)c(CC(=O)C3CC3C#N)n2)CCN(Cc2ccc(C3=CCCCC3)cc2)CC1F. The molecule has 1 amide bonds. The van der Waals surface area contributed by atoms with Gasteiger partial charge in [-0.2, -0.15) is 15.6 Å². The minimum atomic E-state index is -1.42. The van der Waals surface area contributed by atoms with Crippen LogP contribution in [0.3, 0.4) is 0 Å². The molecular formula is C30H33FN6O2. The number of aromatic nitrogens is 2. The Bertz CT molecular complexity index is 1370. The molecule has 1 saturated carbocycles.